The predicted molar refractivity (Wildman–Crippen MR) is 85.1 cm³/mol. The first kappa shape index (κ1) is 15.4. The maximum atomic E-state index is 12.1. The van der Waals surface area contributed by atoms with E-state index in [2.05, 4.69) is 41.8 Å². The lowest BCUT2D eigenvalue weighted by atomic mass is 9.98. The number of benzene rings is 1. The van der Waals surface area contributed by atoms with Crippen molar-refractivity contribution in [1.82, 2.24) is 10.6 Å². The first-order valence-corrected chi connectivity index (χ1v) is 8.25. The molecule has 1 saturated heterocycles. The van der Waals surface area contributed by atoms with Gasteiger partial charge in [-0.2, -0.15) is 0 Å². The molecule has 0 spiro atoms. The molecular formula is C16H24N2OS. The highest BCUT2D eigenvalue weighted by Gasteiger charge is 2.17. The first-order chi connectivity index (χ1) is 9.65. The Morgan fingerprint density at radius 2 is 2.00 bits per heavy atom. The lowest BCUT2D eigenvalue weighted by molar-refractivity contribution is -0.120. The molecule has 2 N–H and O–H groups in total. The minimum absolute atomic E-state index is 0.0422. The van der Waals surface area contributed by atoms with E-state index in [0.717, 1.165) is 24.5 Å². The van der Waals surface area contributed by atoms with Crippen molar-refractivity contribution in [3.05, 3.63) is 29.8 Å². The average Bonchev–Trinajstić information content (AvgIpc) is 2.48. The van der Waals surface area contributed by atoms with E-state index >= 15 is 0 Å². The summed E-state index contributed by atoms with van der Waals surface area (Å²) in [5.41, 5.74) is 1.25. The molecule has 0 aliphatic carbocycles. The summed E-state index contributed by atoms with van der Waals surface area (Å²) in [5, 5.41) is 6.40. The Bertz CT molecular complexity index is 427. The normalized spacial score (nSPS) is 17.7. The highest BCUT2D eigenvalue weighted by molar-refractivity contribution is 8.00. The molecule has 0 aromatic heterocycles. The van der Waals surface area contributed by atoms with Crippen LogP contribution in [0.15, 0.2) is 29.2 Å². The summed E-state index contributed by atoms with van der Waals surface area (Å²) in [7, 11) is 0. The molecule has 1 fully saturated rings. The van der Waals surface area contributed by atoms with Crippen LogP contribution in [-0.4, -0.2) is 30.8 Å². The lowest BCUT2D eigenvalue weighted by Gasteiger charge is -2.23. The van der Waals surface area contributed by atoms with Crippen molar-refractivity contribution < 1.29 is 4.79 Å². The van der Waals surface area contributed by atoms with Gasteiger partial charge in [0.15, 0.2) is 0 Å². The number of rotatable bonds is 5. The SMILES string of the molecule is Cc1ccc(SC(C)C(=O)NCC2CCNCC2)cc1. The summed E-state index contributed by atoms with van der Waals surface area (Å²) in [6.07, 6.45) is 2.33. The van der Waals surface area contributed by atoms with Crippen LogP contribution in [0.3, 0.4) is 0 Å². The van der Waals surface area contributed by atoms with Crippen LogP contribution in [0.2, 0.25) is 0 Å². The van der Waals surface area contributed by atoms with E-state index in [1.165, 1.54) is 18.4 Å². The van der Waals surface area contributed by atoms with Gasteiger partial charge in [-0.3, -0.25) is 4.79 Å². The number of hydrogen-bond acceptors (Lipinski definition) is 3. The topological polar surface area (TPSA) is 41.1 Å². The van der Waals surface area contributed by atoms with Crippen molar-refractivity contribution in [2.24, 2.45) is 5.92 Å². The van der Waals surface area contributed by atoms with Crippen LogP contribution in [0.25, 0.3) is 0 Å². The molecule has 1 aromatic carbocycles. The van der Waals surface area contributed by atoms with Crippen molar-refractivity contribution in [2.45, 2.75) is 36.8 Å². The van der Waals surface area contributed by atoms with Crippen LogP contribution in [0.4, 0.5) is 0 Å². The molecule has 1 aliphatic rings. The first-order valence-electron chi connectivity index (χ1n) is 7.37. The third-order valence-corrected chi connectivity index (χ3v) is 4.84. The van der Waals surface area contributed by atoms with Crippen LogP contribution in [-0.2, 0) is 4.79 Å². The van der Waals surface area contributed by atoms with Crippen LogP contribution in [0.5, 0.6) is 0 Å². The van der Waals surface area contributed by atoms with E-state index in [4.69, 9.17) is 0 Å². The number of piperidine rings is 1. The molecule has 2 rings (SSSR count). The lowest BCUT2D eigenvalue weighted by Crippen LogP contribution is -2.38. The number of aryl methyl sites for hydroxylation is 1. The Hall–Kier alpha value is -1.00. The smallest absolute Gasteiger partial charge is 0.233 e. The van der Waals surface area contributed by atoms with Gasteiger partial charge in [0.25, 0.3) is 0 Å². The second kappa shape index (κ2) is 7.70. The van der Waals surface area contributed by atoms with Gasteiger partial charge in [0, 0.05) is 11.4 Å². The molecular weight excluding hydrogens is 268 g/mol. The van der Waals surface area contributed by atoms with Crippen molar-refractivity contribution in [2.75, 3.05) is 19.6 Å². The second-order valence-corrected chi connectivity index (χ2v) is 6.93. The van der Waals surface area contributed by atoms with Crippen LogP contribution >= 0.6 is 11.8 Å². The maximum absolute atomic E-state index is 12.1. The molecule has 20 heavy (non-hydrogen) atoms. The van der Waals surface area contributed by atoms with Crippen molar-refractivity contribution in [3.63, 3.8) is 0 Å². The number of nitrogens with one attached hydrogen (secondary N) is 2. The number of amides is 1. The molecule has 110 valence electrons. The molecule has 4 heteroatoms. The van der Waals surface area contributed by atoms with E-state index < -0.39 is 0 Å². The van der Waals surface area contributed by atoms with Gasteiger partial charge in [-0.15, -0.1) is 11.8 Å². The second-order valence-electron chi connectivity index (χ2n) is 5.51. The minimum atomic E-state index is -0.0422. The highest BCUT2D eigenvalue weighted by Crippen LogP contribution is 2.23. The molecule has 0 saturated carbocycles. The zero-order valence-corrected chi connectivity index (χ0v) is 13.1. The Kier molecular flexibility index (Phi) is 5.92. The van der Waals surface area contributed by atoms with Crippen LogP contribution in [0.1, 0.15) is 25.3 Å². The van der Waals surface area contributed by atoms with Gasteiger partial charge in [-0.05, 0) is 57.8 Å². The predicted octanol–water partition coefficient (Wildman–Crippen LogP) is 2.59. The van der Waals surface area contributed by atoms with Gasteiger partial charge in [0.2, 0.25) is 5.91 Å². The number of hydrogen-bond donors (Lipinski definition) is 2. The molecule has 1 amide bonds. The molecule has 1 aliphatic heterocycles. The number of carbonyl (C=O) groups is 1. The van der Waals surface area contributed by atoms with Crippen LogP contribution in [0, 0.1) is 12.8 Å². The quantitative estimate of drug-likeness (QED) is 0.820. The summed E-state index contributed by atoms with van der Waals surface area (Å²) in [6.45, 7) is 7.02. The van der Waals surface area contributed by atoms with Crippen molar-refractivity contribution in [3.8, 4) is 0 Å². The van der Waals surface area contributed by atoms with E-state index in [1.54, 1.807) is 11.8 Å². The maximum Gasteiger partial charge on any atom is 0.233 e. The summed E-state index contributed by atoms with van der Waals surface area (Å²) >= 11 is 1.62. The number of thioether (sulfide) groups is 1. The molecule has 1 aromatic rings. The standard InChI is InChI=1S/C16H24N2OS/c1-12-3-5-15(6-4-12)20-13(2)16(19)18-11-14-7-9-17-10-8-14/h3-6,13-14,17H,7-11H2,1-2H3,(H,18,19). The van der Waals surface area contributed by atoms with Gasteiger partial charge in [-0.25, -0.2) is 0 Å². The van der Waals surface area contributed by atoms with Gasteiger partial charge >= 0.3 is 0 Å². The fourth-order valence-electron chi connectivity index (χ4n) is 2.35. The van der Waals surface area contributed by atoms with E-state index in [0.29, 0.717) is 5.92 Å². The Morgan fingerprint density at radius 1 is 1.35 bits per heavy atom. The van der Waals surface area contributed by atoms with Gasteiger partial charge < -0.3 is 10.6 Å². The third kappa shape index (κ3) is 4.84. The van der Waals surface area contributed by atoms with Gasteiger partial charge in [0.05, 0.1) is 5.25 Å². The largest absolute Gasteiger partial charge is 0.355 e. The third-order valence-electron chi connectivity index (χ3n) is 3.73. The summed E-state index contributed by atoms with van der Waals surface area (Å²) in [5.74, 6) is 0.783. The molecule has 0 bridgehead atoms. The van der Waals surface area contributed by atoms with Crippen molar-refractivity contribution >= 4 is 17.7 Å². The Labute approximate surface area is 125 Å². The fraction of sp³-hybridized carbons (Fsp3) is 0.562. The summed E-state index contributed by atoms with van der Waals surface area (Å²) < 4.78 is 0. The molecule has 1 unspecified atom stereocenters. The highest BCUT2D eigenvalue weighted by atomic mass is 32.2. The molecule has 0 radical (unpaired) electrons. The number of carbonyl (C=O) groups excluding carboxylic acids is 1. The summed E-state index contributed by atoms with van der Waals surface area (Å²) in [4.78, 5) is 13.3. The fourth-order valence-corrected chi connectivity index (χ4v) is 3.24. The zero-order valence-electron chi connectivity index (χ0n) is 12.3. The average molecular weight is 292 g/mol. The molecule has 1 heterocycles. The van der Waals surface area contributed by atoms with Gasteiger partial charge in [-0.1, -0.05) is 17.7 Å². The van der Waals surface area contributed by atoms with Crippen molar-refractivity contribution in [1.29, 1.82) is 0 Å². The Balaban J connectivity index is 1.75. The van der Waals surface area contributed by atoms with Crippen LogP contribution < -0.4 is 10.6 Å². The van der Waals surface area contributed by atoms with Gasteiger partial charge in [0.1, 0.15) is 0 Å². The Morgan fingerprint density at radius 3 is 2.65 bits per heavy atom. The monoisotopic (exact) mass is 292 g/mol. The summed E-state index contributed by atoms with van der Waals surface area (Å²) in [6, 6.07) is 8.33. The van der Waals surface area contributed by atoms with E-state index in [9.17, 15) is 4.79 Å². The molecule has 3 nitrogen and oxygen atoms in total. The van der Waals surface area contributed by atoms with E-state index in [1.807, 2.05) is 6.92 Å². The minimum Gasteiger partial charge on any atom is -0.355 e. The van der Waals surface area contributed by atoms with E-state index in [-0.39, 0.29) is 11.2 Å². The molecule has 1 atom stereocenters. The zero-order chi connectivity index (χ0) is 14.4.